The van der Waals surface area contributed by atoms with E-state index < -0.39 is 12.1 Å². The van der Waals surface area contributed by atoms with Crippen molar-refractivity contribution in [3.8, 4) is 17.1 Å². The first-order chi connectivity index (χ1) is 13.0. The maximum absolute atomic E-state index is 11.0. The van der Waals surface area contributed by atoms with Gasteiger partial charge in [0.1, 0.15) is 5.75 Å². The molecule has 0 saturated heterocycles. The van der Waals surface area contributed by atoms with Crippen LogP contribution in [0.3, 0.4) is 0 Å². The molecule has 0 spiro atoms. The van der Waals surface area contributed by atoms with Gasteiger partial charge in [-0.1, -0.05) is 23.4 Å². The maximum atomic E-state index is 11.0. The zero-order chi connectivity index (χ0) is 19.2. The van der Waals surface area contributed by atoms with Crippen molar-refractivity contribution in [1.29, 1.82) is 0 Å². The zero-order valence-corrected chi connectivity index (χ0v) is 15.1. The lowest BCUT2D eigenvalue weighted by molar-refractivity contribution is -0.144. The third-order valence-electron chi connectivity index (χ3n) is 3.86. The molecule has 0 fully saturated rings. The number of para-hydroxylation sites is 1. The van der Waals surface area contributed by atoms with Crippen LogP contribution < -0.4 is 4.74 Å². The molecular weight excluding hydrogens is 348 g/mol. The first-order valence-corrected chi connectivity index (χ1v) is 8.42. The largest absolute Gasteiger partial charge is 0.479 e. The van der Waals surface area contributed by atoms with Crippen molar-refractivity contribution < 1.29 is 19.2 Å². The molecule has 27 heavy (non-hydrogen) atoms. The van der Waals surface area contributed by atoms with E-state index in [-0.39, 0.29) is 0 Å². The van der Waals surface area contributed by atoms with Crippen LogP contribution in [0.25, 0.3) is 11.4 Å². The first kappa shape index (κ1) is 18.5. The van der Waals surface area contributed by atoms with Gasteiger partial charge in [-0.05, 0) is 32.2 Å². The maximum Gasteiger partial charge on any atom is 0.344 e. The van der Waals surface area contributed by atoms with Crippen molar-refractivity contribution in [2.45, 2.75) is 26.1 Å². The molecule has 8 heteroatoms. The van der Waals surface area contributed by atoms with Crippen LogP contribution in [0, 0.1) is 0 Å². The summed E-state index contributed by atoms with van der Waals surface area (Å²) in [5, 5.41) is 13.0. The van der Waals surface area contributed by atoms with E-state index in [0.717, 1.165) is 11.1 Å². The van der Waals surface area contributed by atoms with Gasteiger partial charge < -0.3 is 14.4 Å². The topological polar surface area (TPSA) is 102 Å². The van der Waals surface area contributed by atoms with Gasteiger partial charge in [-0.15, -0.1) is 0 Å². The number of aromatic nitrogens is 3. The molecule has 0 radical (unpaired) electrons. The van der Waals surface area contributed by atoms with Crippen LogP contribution >= 0.6 is 0 Å². The summed E-state index contributed by atoms with van der Waals surface area (Å²) in [5.74, 6) is 0.506. The number of carbonyl (C=O) groups is 1. The van der Waals surface area contributed by atoms with Crippen LogP contribution in [0.15, 0.2) is 53.3 Å². The molecule has 2 heterocycles. The highest BCUT2D eigenvalue weighted by Crippen LogP contribution is 2.22. The second-order valence-electron chi connectivity index (χ2n) is 6.13. The molecular formula is C19H20N4O4. The van der Waals surface area contributed by atoms with E-state index in [1.165, 1.54) is 6.92 Å². The number of rotatable bonds is 8. The smallest absolute Gasteiger partial charge is 0.344 e. The minimum atomic E-state index is -1.01. The molecule has 1 atom stereocenters. The Kier molecular flexibility index (Phi) is 5.77. The normalized spacial score (nSPS) is 12.1. The summed E-state index contributed by atoms with van der Waals surface area (Å²) in [6, 6.07) is 11.0. The summed E-state index contributed by atoms with van der Waals surface area (Å²) in [5.41, 5.74) is 1.66. The third-order valence-corrected chi connectivity index (χ3v) is 3.86. The Balaban J connectivity index is 1.66. The number of hydrogen-bond donors (Lipinski definition) is 1. The van der Waals surface area contributed by atoms with Crippen LogP contribution in [0.4, 0.5) is 0 Å². The Morgan fingerprint density at radius 2 is 2.07 bits per heavy atom. The van der Waals surface area contributed by atoms with Crippen LogP contribution in [0.5, 0.6) is 5.75 Å². The fraction of sp³-hybridized carbons (Fsp3) is 0.263. The highest BCUT2D eigenvalue weighted by Gasteiger charge is 2.16. The first-order valence-electron chi connectivity index (χ1n) is 8.42. The summed E-state index contributed by atoms with van der Waals surface area (Å²) < 4.78 is 10.8. The van der Waals surface area contributed by atoms with Crippen LogP contribution in [0.1, 0.15) is 18.4 Å². The minimum Gasteiger partial charge on any atom is -0.479 e. The summed E-state index contributed by atoms with van der Waals surface area (Å²) in [7, 11) is 1.91. The molecule has 0 bridgehead atoms. The molecule has 2 aromatic heterocycles. The molecule has 8 nitrogen and oxygen atoms in total. The van der Waals surface area contributed by atoms with Crippen molar-refractivity contribution in [3.63, 3.8) is 0 Å². The lowest BCUT2D eigenvalue weighted by atomic mass is 10.2. The Bertz CT molecular complexity index is 897. The van der Waals surface area contributed by atoms with E-state index in [0.29, 0.717) is 30.6 Å². The number of carboxylic acids is 1. The summed E-state index contributed by atoms with van der Waals surface area (Å²) >= 11 is 0. The molecule has 0 aliphatic rings. The highest BCUT2D eigenvalue weighted by molar-refractivity contribution is 5.72. The Morgan fingerprint density at radius 3 is 2.81 bits per heavy atom. The lowest BCUT2D eigenvalue weighted by Gasteiger charge is -2.18. The number of benzene rings is 1. The SMILES string of the molecule is CC(Oc1ccccc1CN(C)Cc1nc(-c2cccnc2)no1)C(=O)O. The van der Waals surface area contributed by atoms with E-state index in [4.69, 9.17) is 14.4 Å². The van der Waals surface area contributed by atoms with Crippen molar-refractivity contribution in [2.75, 3.05) is 7.05 Å². The van der Waals surface area contributed by atoms with Crippen LogP contribution in [-0.4, -0.2) is 44.3 Å². The summed E-state index contributed by atoms with van der Waals surface area (Å²) in [6.45, 7) is 2.48. The van der Waals surface area contributed by atoms with Gasteiger partial charge in [0.25, 0.3) is 0 Å². The molecule has 0 aliphatic heterocycles. The van der Waals surface area contributed by atoms with Crippen molar-refractivity contribution in [1.82, 2.24) is 20.0 Å². The number of nitrogens with zero attached hydrogens (tertiary/aromatic N) is 4. The number of hydrogen-bond acceptors (Lipinski definition) is 7. The van der Waals surface area contributed by atoms with Crippen LogP contribution in [0.2, 0.25) is 0 Å². The predicted octanol–water partition coefficient (Wildman–Crippen LogP) is 2.62. The second kappa shape index (κ2) is 8.41. The average molecular weight is 368 g/mol. The fourth-order valence-corrected chi connectivity index (χ4v) is 2.50. The van der Waals surface area contributed by atoms with Crippen molar-refractivity contribution >= 4 is 5.97 Å². The number of ether oxygens (including phenoxy) is 1. The van der Waals surface area contributed by atoms with E-state index in [9.17, 15) is 4.79 Å². The Morgan fingerprint density at radius 1 is 1.26 bits per heavy atom. The zero-order valence-electron chi connectivity index (χ0n) is 15.1. The third kappa shape index (κ3) is 4.89. The number of carboxylic acid groups (broad SMARTS) is 1. The number of aliphatic carboxylic acids is 1. The Hall–Kier alpha value is -3.26. The van der Waals surface area contributed by atoms with Gasteiger partial charge >= 0.3 is 5.97 Å². The molecule has 0 amide bonds. The second-order valence-corrected chi connectivity index (χ2v) is 6.13. The molecule has 0 aliphatic carbocycles. The molecule has 1 N–H and O–H groups in total. The lowest BCUT2D eigenvalue weighted by Crippen LogP contribution is -2.24. The quantitative estimate of drug-likeness (QED) is 0.647. The van der Waals surface area contributed by atoms with E-state index in [1.54, 1.807) is 18.5 Å². The van der Waals surface area contributed by atoms with Gasteiger partial charge in [0, 0.05) is 30.1 Å². The molecule has 3 rings (SSSR count). The van der Waals surface area contributed by atoms with Gasteiger partial charge in [0.15, 0.2) is 6.10 Å². The predicted molar refractivity (Wildman–Crippen MR) is 96.9 cm³/mol. The summed E-state index contributed by atoms with van der Waals surface area (Å²) in [6.07, 6.45) is 2.44. The van der Waals surface area contributed by atoms with E-state index in [2.05, 4.69) is 15.1 Å². The Labute approximate surface area is 156 Å². The molecule has 1 unspecified atom stereocenters. The van der Waals surface area contributed by atoms with E-state index >= 15 is 0 Å². The molecule has 140 valence electrons. The summed E-state index contributed by atoms with van der Waals surface area (Å²) in [4.78, 5) is 21.4. The van der Waals surface area contributed by atoms with Crippen molar-refractivity contribution in [3.05, 3.63) is 60.2 Å². The van der Waals surface area contributed by atoms with Gasteiger partial charge in [-0.3, -0.25) is 9.88 Å². The van der Waals surface area contributed by atoms with Gasteiger partial charge in [-0.2, -0.15) is 4.98 Å². The highest BCUT2D eigenvalue weighted by atomic mass is 16.5. The average Bonchev–Trinajstić information content (AvgIpc) is 3.12. The van der Waals surface area contributed by atoms with Crippen molar-refractivity contribution in [2.24, 2.45) is 0 Å². The molecule has 3 aromatic rings. The number of pyridine rings is 1. The van der Waals surface area contributed by atoms with Crippen LogP contribution in [-0.2, 0) is 17.9 Å². The van der Waals surface area contributed by atoms with Gasteiger partial charge in [0.2, 0.25) is 11.7 Å². The monoisotopic (exact) mass is 368 g/mol. The standard InChI is InChI=1S/C19H20N4O4/c1-13(19(24)25)26-16-8-4-3-6-15(16)11-23(2)12-17-21-18(22-27-17)14-7-5-9-20-10-14/h3-10,13H,11-12H2,1-2H3,(H,24,25). The molecule has 1 aromatic carbocycles. The minimum absolute atomic E-state index is 0.441. The van der Waals surface area contributed by atoms with Gasteiger partial charge in [-0.25, -0.2) is 4.79 Å². The molecule has 0 saturated carbocycles. The van der Waals surface area contributed by atoms with E-state index in [1.807, 2.05) is 42.3 Å². The fourth-order valence-electron chi connectivity index (χ4n) is 2.50. The van der Waals surface area contributed by atoms with Gasteiger partial charge in [0.05, 0.1) is 6.54 Å².